The van der Waals surface area contributed by atoms with Gasteiger partial charge in [-0.15, -0.1) is 46.2 Å². The van der Waals surface area contributed by atoms with Gasteiger partial charge in [-0.2, -0.15) is 5.57 Å². The first-order chi connectivity index (χ1) is 21.0. The van der Waals surface area contributed by atoms with Gasteiger partial charge in [0.15, 0.2) is 0 Å². The number of fused-ring (bicyclic) bond motifs is 3. The van der Waals surface area contributed by atoms with Gasteiger partial charge in [-0.1, -0.05) is 105 Å². The second kappa shape index (κ2) is 14.2. The van der Waals surface area contributed by atoms with Crippen molar-refractivity contribution < 1.29 is 24.2 Å². The molecular weight excluding hydrogens is 620 g/mol. The van der Waals surface area contributed by atoms with Crippen LogP contribution in [0.1, 0.15) is 97.9 Å². The third-order valence-electron chi connectivity index (χ3n) is 8.47. The average Bonchev–Trinajstić information content (AvgIpc) is 3.60. The zero-order valence-electron chi connectivity index (χ0n) is 29.1. The van der Waals surface area contributed by atoms with Crippen LogP contribution in [0.4, 0.5) is 0 Å². The number of rotatable bonds is 2. The third-order valence-corrected chi connectivity index (χ3v) is 9.89. The van der Waals surface area contributed by atoms with Crippen LogP contribution in [0.5, 0.6) is 0 Å². The quantitative estimate of drug-likeness (QED) is 0.164. The number of hydrogen-bond acceptors (Lipinski definition) is 0. The summed E-state index contributed by atoms with van der Waals surface area (Å²) < 4.78 is 1.42. The summed E-state index contributed by atoms with van der Waals surface area (Å²) >= 11 is 1.46. The molecule has 0 fully saturated rings. The Bertz CT molecular complexity index is 1700. The van der Waals surface area contributed by atoms with E-state index in [1.54, 1.807) is 0 Å². The second-order valence-electron chi connectivity index (χ2n) is 15.3. The first-order valence-electron chi connectivity index (χ1n) is 16.2. The maximum atomic E-state index is 3.30. The van der Waals surface area contributed by atoms with Crippen molar-refractivity contribution in [1.82, 2.24) is 0 Å². The van der Waals surface area contributed by atoms with Crippen LogP contribution in [-0.4, -0.2) is 3.21 Å². The molecule has 0 spiro atoms. The summed E-state index contributed by atoms with van der Waals surface area (Å²) in [5, 5.41) is 5.48. The number of hydrogen-bond donors (Lipinski definition) is 0. The van der Waals surface area contributed by atoms with Crippen LogP contribution in [0.3, 0.4) is 0 Å². The minimum absolute atomic E-state index is 0.203. The van der Waals surface area contributed by atoms with Crippen molar-refractivity contribution in [3.63, 3.8) is 0 Å². The first kappa shape index (κ1) is 34.8. The van der Waals surface area contributed by atoms with Crippen molar-refractivity contribution in [3.05, 3.63) is 149 Å². The van der Waals surface area contributed by atoms with E-state index in [2.05, 4.69) is 185 Å². The van der Waals surface area contributed by atoms with Gasteiger partial charge in [0, 0.05) is 0 Å². The van der Waals surface area contributed by atoms with Crippen LogP contribution in [0.15, 0.2) is 120 Å². The van der Waals surface area contributed by atoms with Crippen LogP contribution in [0.25, 0.3) is 21.5 Å². The molecule has 0 aliphatic heterocycles. The van der Waals surface area contributed by atoms with Gasteiger partial charge in [-0.05, 0) is 16.2 Å². The summed E-state index contributed by atoms with van der Waals surface area (Å²) in [5.74, 6) is 0. The Labute approximate surface area is 288 Å². The van der Waals surface area contributed by atoms with Crippen LogP contribution in [0.2, 0.25) is 0 Å². The monoisotopic (exact) mass is 668 g/mol. The van der Waals surface area contributed by atoms with Crippen LogP contribution < -0.4 is 0 Å². The van der Waals surface area contributed by atoms with E-state index < -0.39 is 0 Å². The summed E-state index contributed by atoms with van der Waals surface area (Å²) in [7, 11) is 0. The molecule has 0 heterocycles. The van der Waals surface area contributed by atoms with Gasteiger partial charge in [0.1, 0.15) is 0 Å². The number of allylic oxidation sites excluding steroid dienone is 4. The van der Waals surface area contributed by atoms with Crippen LogP contribution >= 0.6 is 0 Å². The molecule has 0 atom stereocenters. The van der Waals surface area contributed by atoms with Gasteiger partial charge >= 0.3 is 99.2 Å². The Morgan fingerprint density at radius 3 is 1.33 bits per heavy atom. The van der Waals surface area contributed by atoms with Crippen molar-refractivity contribution in [3.8, 4) is 0 Å². The Morgan fingerprint density at radius 2 is 1.02 bits per heavy atom. The molecule has 0 bridgehead atoms. The van der Waals surface area contributed by atoms with Gasteiger partial charge in [-0.3, -0.25) is 6.08 Å². The molecule has 0 aromatic heterocycles. The van der Waals surface area contributed by atoms with E-state index in [0.717, 1.165) is 6.42 Å². The average molecular weight is 670 g/mol. The van der Waals surface area contributed by atoms with E-state index >= 15 is 0 Å². The Morgan fingerprint density at radius 1 is 0.600 bits per heavy atom. The van der Waals surface area contributed by atoms with Gasteiger partial charge < -0.3 is 0 Å². The summed E-state index contributed by atoms with van der Waals surface area (Å²) in [4.78, 5) is 0. The first-order valence-corrected chi connectivity index (χ1v) is 17.4. The molecule has 0 radical (unpaired) electrons. The maximum absolute atomic E-state index is 3.30. The van der Waals surface area contributed by atoms with E-state index in [9.17, 15) is 0 Å². The molecule has 1 heteroatoms. The van der Waals surface area contributed by atoms with Crippen molar-refractivity contribution in [1.29, 1.82) is 0 Å². The van der Waals surface area contributed by atoms with Gasteiger partial charge in [0.05, 0.1) is 0 Å². The molecule has 1 aliphatic carbocycles. The molecule has 0 nitrogen and oxygen atoms in total. The molecule has 45 heavy (non-hydrogen) atoms. The molecule has 5 aromatic rings. The second-order valence-corrected chi connectivity index (χ2v) is 16.5. The normalized spacial score (nSPS) is 13.4. The van der Waals surface area contributed by atoms with E-state index in [1.807, 2.05) is 0 Å². The molecule has 0 unspecified atom stereocenters. The molecule has 5 aromatic carbocycles. The van der Waals surface area contributed by atoms with Crippen LogP contribution in [-0.2, 0) is 35.1 Å². The standard InChI is InChI=1S/C21H25.C13H10.C10H15.Zr/c1-20(2,3)16-7-9-18-14(12-16)11-15-13-17(21(4,5)6)8-10-19(15)18;1-3-7-12(8-4-1)11-13-9-5-2-6-10-13;1-8-5-6-9(7-8)10(2,3)4;/h7-13H,1-6H3;1-10H;7H,6H2,1-4H3;/q-1;;-1;+2. The van der Waals surface area contributed by atoms with Crippen LogP contribution in [0, 0.1) is 11.5 Å². The SMILES string of the molecule is CC(C)(C)c1ccc2c(c1)[cH-]c1cc(C(C)(C)C)ccc12.CC1=[C-]CC(C(C)(C)C)=C1.[Zr+2]=[C](c1ccccc1)c1ccccc1. The van der Waals surface area contributed by atoms with Gasteiger partial charge in [-0.25, -0.2) is 11.6 Å². The fourth-order valence-electron chi connectivity index (χ4n) is 5.41. The molecular formula is C44H50Zr. The van der Waals surface area contributed by atoms with Crippen molar-refractivity contribution in [2.45, 2.75) is 86.5 Å². The summed E-state index contributed by atoms with van der Waals surface area (Å²) in [6.45, 7) is 22.5. The molecule has 1 aliphatic rings. The van der Waals surface area contributed by atoms with Crippen molar-refractivity contribution in [2.24, 2.45) is 5.41 Å². The minimum atomic E-state index is 0.203. The molecule has 0 saturated carbocycles. The van der Waals surface area contributed by atoms with Crippen molar-refractivity contribution >= 4 is 24.8 Å². The molecule has 230 valence electrons. The Hall–Kier alpha value is -3.02. The zero-order chi connectivity index (χ0) is 33.0. The fourth-order valence-corrected chi connectivity index (χ4v) is 6.23. The molecule has 0 amide bonds. The Balaban J connectivity index is 0.000000166. The summed E-state index contributed by atoms with van der Waals surface area (Å²) in [5.41, 5.74) is 9.01. The predicted molar refractivity (Wildman–Crippen MR) is 195 cm³/mol. The number of benzene rings is 4. The fraction of sp³-hybridized carbons (Fsp3) is 0.318. The van der Waals surface area contributed by atoms with Gasteiger partial charge in [0.2, 0.25) is 0 Å². The molecule has 0 N–H and O–H groups in total. The van der Waals surface area contributed by atoms with Gasteiger partial charge in [0.25, 0.3) is 0 Å². The predicted octanol–water partition coefficient (Wildman–Crippen LogP) is 12.2. The van der Waals surface area contributed by atoms with E-state index in [1.165, 1.54) is 82.4 Å². The Kier molecular flexibility index (Phi) is 11.0. The summed E-state index contributed by atoms with van der Waals surface area (Å²) in [6.07, 6.45) is 6.59. The molecule has 0 saturated heterocycles. The molecule has 6 rings (SSSR count). The topological polar surface area (TPSA) is 0 Å². The van der Waals surface area contributed by atoms with E-state index in [-0.39, 0.29) is 10.8 Å². The zero-order valence-corrected chi connectivity index (χ0v) is 31.6. The van der Waals surface area contributed by atoms with Crippen molar-refractivity contribution in [2.75, 3.05) is 0 Å². The summed E-state index contributed by atoms with van der Waals surface area (Å²) in [6, 6.07) is 37.3. The van der Waals surface area contributed by atoms with E-state index in [0.29, 0.717) is 5.41 Å². The third kappa shape index (κ3) is 9.27. The van der Waals surface area contributed by atoms with E-state index in [4.69, 9.17) is 0 Å².